The molecule has 9 heteroatoms. The van der Waals surface area contributed by atoms with Crippen molar-refractivity contribution >= 4 is 55.0 Å². The number of rotatable bonds is 18. The Morgan fingerprint density at radius 2 is 0.868 bits per heavy atom. The second kappa shape index (κ2) is 19.6. The van der Waals surface area contributed by atoms with Crippen molar-refractivity contribution in [1.29, 1.82) is 0 Å². The van der Waals surface area contributed by atoms with Gasteiger partial charge in [-0.05, 0) is 93.8 Å². The van der Waals surface area contributed by atoms with E-state index in [2.05, 4.69) is 153 Å². The minimum absolute atomic E-state index is 0.500. The Morgan fingerprint density at radius 1 is 0.441 bits per heavy atom. The van der Waals surface area contributed by atoms with E-state index in [1.807, 2.05) is 72.8 Å². The van der Waals surface area contributed by atoms with Gasteiger partial charge in [0.2, 0.25) is 0 Å². The molecule has 0 aliphatic rings. The molecule has 0 aliphatic carbocycles. The summed E-state index contributed by atoms with van der Waals surface area (Å²) in [4.78, 5) is 19.2. The van der Waals surface area contributed by atoms with Crippen LogP contribution >= 0.6 is 0 Å². The lowest BCUT2D eigenvalue weighted by molar-refractivity contribution is 0.171. The average molecular weight is 890 g/mol. The summed E-state index contributed by atoms with van der Waals surface area (Å²) in [7, 11) is 0. The maximum absolute atomic E-state index is 6.68. The first kappa shape index (κ1) is 42.2. The molecule has 0 radical (unpaired) electrons. The Morgan fingerprint density at radius 3 is 1.38 bits per heavy atom. The van der Waals surface area contributed by atoms with E-state index in [0.717, 1.165) is 85.4 Å². The Kier molecular flexibility index (Phi) is 12.2. The van der Waals surface area contributed by atoms with Crippen LogP contribution in [0.5, 0.6) is 11.5 Å². The number of aromatic amines is 2. The fraction of sp³-hybridized carbons (Fsp3) is 0.119. The molecule has 9 nitrogen and oxygen atoms in total. The third-order valence-corrected chi connectivity index (χ3v) is 12.6. The van der Waals surface area contributed by atoms with Crippen LogP contribution in [0.15, 0.2) is 200 Å². The van der Waals surface area contributed by atoms with Gasteiger partial charge in [-0.1, -0.05) is 133 Å². The molecule has 334 valence electrons. The third-order valence-electron chi connectivity index (χ3n) is 12.6. The number of ether oxygens (including phenoxy) is 2. The normalized spacial score (nSPS) is 11.5. The van der Waals surface area contributed by atoms with Crippen LogP contribution in [0.4, 0.5) is 11.4 Å². The molecule has 9 aromatic carbocycles. The predicted octanol–water partition coefficient (Wildman–Crippen LogP) is 13.3. The van der Waals surface area contributed by atoms with Crippen LogP contribution in [0.1, 0.15) is 16.7 Å². The summed E-state index contributed by atoms with van der Waals surface area (Å²) < 4.78 is 13.4. The summed E-state index contributed by atoms with van der Waals surface area (Å²) in [6, 6.07) is 69.1. The van der Waals surface area contributed by atoms with Crippen LogP contribution in [0.25, 0.3) is 66.4 Å². The topological polar surface area (TPSA) is 103 Å². The third kappa shape index (κ3) is 9.20. The zero-order valence-electron chi connectivity index (χ0n) is 37.7. The Bertz CT molecular complexity index is 3210. The number of fused-ring (bicyclic) bond motifs is 4. The van der Waals surface area contributed by atoms with Crippen molar-refractivity contribution in [2.24, 2.45) is 0 Å². The molecule has 4 N–H and O–H groups in total. The number of anilines is 2. The highest BCUT2D eigenvalue weighted by Gasteiger charge is 2.16. The molecule has 11 rings (SSSR count). The molecular formula is C59H51N7O2. The van der Waals surface area contributed by atoms with Gasteiger partial charge in [0.05, 0.1) is 22.1 Å². The maximum atomic E-state index is 6.68. The molecular weight excluding hydrogens is 839 g/mol. The van der Waals surface area contributed by atoms with Crippen LogP contribution in [0.3, 0.4) is 0 Å². The molecule has 2 heterocycles. The Hall–Kier alpha value is -8.40. The molecule has 0 bridgehead atoms. The molecule has 0 saturated carbocycles. The van der Waals surface area contributed by atoms with Crippen molar-refractivity contribution in [3.63, 3.8) is 0 Å². The lowest BCUT2D eigenvalue weighted by Crippen LogP contribution is -2.32. The van der Waals surface area contributed by atoms with Gasteiger partial charge in [0.1, 0.15) is 36.4 Å². The fourth-order valence-electron chi connectivity index (χ4n) is 9.15. The summed E-state index contributed by atoms with van der Waals surface area (Å²) in [6.45, 7) is 4.30. The van der Waals surface area contributed by atoms with Gasteiger partial charge in [-0.2, -0.15) is 0 Å². The summed E-state index contributed by atoms with van der Waals surface area (Å²) in [5, 5.41) is 12.4. The predicted molar refractivity (Wildman–Crippen MR) is 278 cm³/mol. The summed E-state index contributed by atoms with van der Waals surface area (Å²) in [5.74, 6) is 3.39. The van der Waals surface area contributed by atoms with Crippen molar-refractivity contribution in [1.82, 2.24) is 24.8 Å². The SMILES string of the molecule is c1ccc(OCCN(CCOc2ccccc2CNc2ccccc2-c2nc3ccccc3[nH]2)Cc2c3ccccc3cc3ccccc23)c(CNc2ccccc2-c2nc3ccccc3[nH]2)c1. The van der Waals surface area contributed by atoms with Crippen LogP contribution in [0, 0.1) is 0 Å². The number of hydrogen-bond donors (Lipinski definition) is 4. The van der Waals surface area contributed by atoms with Crippen molar-refractivity contribution in [3.8, 4) is 34.3 Å². The number of H-pyrrole nitrogens is 2. The first-order chi connectivity index (χ1) is 33.7. The zero-order chi connectivity index (χ0) is 45.5. The minimum atomic E-state index is 0.500. The van der Waals surface area contributed by atoms with E-state index in [1.54, 1.807) is 0 Å². The number of nitrogens with one attached hydrogen (secondary N) is 4. The monoisotopic (exact) mass is 889 g/mol. The van der Waals surface area contributed by atoms with Crippen LogP contribution in [-0.4, -0.2) is 51.1 Å². The molecule has 0 spiro atoms. The molecule has 0 unspecified atom stereocenters. The van der Waals surface area contributed by atoms with E-state index in [4.69, 9.17) is 19.4 Å². The van der Waals surface area contributed by atoms with Crippen LogP contribution in [-0.2, 0) is 19.6 Å². The quantitative estimate of drug-likeness (QED) is 0.0636. The first-order valence-corrected chi connectivity index (χ1v) is 23.3. The van der Waals surface area contributed by atoms with Crippen molar-refractivity contribution in [2.75, 3.05) is 36.9 Å². The molecule has 0 aliphatic heterocycles. The largest absolute Gasteiger partial charge is 0.492 e. The molecule has 68 heavy (non-hydrogen) atoms. The van der Waals surface area contributed by atoms with Gasteiger partial charge in [-0.3, -0.25) is 4.90 Å². The van der Waals surface area contributed by atoms with Gasteiger partial charge in [-0.15, -0.1) is 0 Å². The smallest absolute Gasteiger partial charge is 0.140 e. The molecule has 0 saturated heterocycles. The highest BCUT2D eigenvalue weighted by Crippen LogP contribution is 2.33. The van der Waals surface area contributed by atoms with Crippen LogP contribution < -0.4 is 20.1 Å². The maximum Gasteiger partial charge on any atom is 0.140 e. The Balaban J connectivity index is 0.799. The fourth-order valence-corrected chi connectivity index (χ4v) is 9.15. The second-order valence-electron chi connectivity index (χ2n) is 17.0. The van der Waals surface area contributed by atoms with Gasteiger partial charge in [0, 0.05) is 66.4 Å². The van der Waals surface area contributed by atoms with E-state index < -0.39 is 0 Å². The molecule has 0 atom stereocenters. The molecule has 11 aromatic rings. The van der Waals surface area contributed by atoms with Gasteiger partial charge in [0.15, 0.2) is 0 Å². The van der Waals surface area contributed by atoms with Crippen LogP contribution in [0.2, 0.25) is 0 Å². The number of benzene rings is 9. The van der Waals surface area contributed by atoms with Crippen molar-refractivity contribution in [3.05, 3.63) is 217 Å². The summed E-state index contributed by atoms with van der Waals surface area (Å²) >= 11 is 0. The number of imidazole rings is 2. The van der Waals surface area contributed by atoms with Crippen molar-refractivity contribution < 1.29 is 9.47 Å². The van der Waals surface area contributed by atoms with Gasteiger partial charge in [-0.25, -0.2) is 9.97 Å². The summed E-state index contributed by atoms with van der Waals surface area (Å²) in [5.41, 5.74) is 11.4. The standard InChI is InChI=1S/C59H51N7O2/c1-5-21-45-41(17-1)37-42-18-2-6-22-46(42)49(45)40-66(33-35-67-56-31-15-3-19-43(56)38-60-50-25-9-7-23-47(50)58-62-52-27-11-12-28-53(52)63-58)34-36-68-57-32-16-4-20-44(57)39-61-51-26-10-8-24-48(51)59-64-54-29-13-14-30-55(54)65-59/h1-32,37,60-61H,33-36,38-40H2,(H,62,63)(H,64,65). The van der Waals surface area contributed by atoms with E-state index >= 15 is 0 Å². The number of nitrogens with zero attached hydrogens (tertiary/aromatic N) is 3. The molecule has 2 aromatic heterocycles. The van der Waals surface area contributed by atoms with Crippen molar-refractivity contribution in [2.45, 2.75) is 19.6 Å². The van der Waals surface area contributed by atoms with E-state index in [0.29, 0.717) is 39.4 Å². The van der Waals surface area contributed by atoms with E-state index in [1.165, 1.54) is 27.1 Å². The second-order valence-corrected chi connectivity index (χ2v) is 17.0. The Labute approximate surface area is 395 Å². The molecule has 0 amide bonds. The van der Waals surface area contributed by atoms with Gasteiger partial charge in [0.25, 0.3) is 0 Å². The average Bonchev–Trinajstić information content (AvgIpc) is 4.03. The van der Waals surface area contributed by atoms with E-state index in [-0.39, 0.29) is 0 Å². The highest BCUT2D eigenvalue weighted by molar-refractivity contribution is 6.02. The van der Waals surface area contributed by atoms with E-state index in [9.17, 15) is 0 Å². The minimum Gasteiger partial charge on any atom is -0.492 e. The number of hydrogen-bond acceptors (Lipinski definition) is 7. The lowest BCUT2D eigenvalue weighted by atomic mass is 9.96. The lowest BCUT2D eigenvalue weighted by Gasteiger charge is -2.25. The number of aromatic nitrogens is 4. The first-order valence-electron chi connectivity index (χ1n) is 23.3. The van der Waals surface area contributed by atoms with Gasteiger partial charge < -0.3 is 30.1 Å². The summed E-state index contributed by atoms with van der Waals surface area (Å²) in [6.07, 6.45) is 0. The number of para-hydroxylation sites is 8. The molecule has 0 fully saturated rings. The van der Waals surface area contributed by atoms with Gasteiger partial charge >= 0.3 is 0 Å². The highest BCUT2D eigenvalue weighted by atomic mass is 16.5. The zero-order valence-corrected chi connectivity index (χ0v) is 37.7.